The maximum atomic E-state index is 13.0. The van der Waals surface area contributed by atoms with Crippen LogP contribution >= 0.6 is 0 Å². The fourth-order valence-corrected chi connectivity index (χ4v) is 4.13. The van der Waals surface area contributed by atoms with Crippen LogP contribution < -0.4 is 19.7 Å². The molecular formula is C26H28N4O5. The predicted octanol–water partition coefficient (Wildman–Crippen LogP) is 4.19. The van der Waals surface area contributed by atoms with Crippen molar-refractivity contribution in [2.45, 2.75) is 6.54 Å². The van der Waals surface area contributed by atoms with E-state index in [-0.39, 0.29) is 16.5 Å². The molecule has 0 aliphatic carbocycles. The molecule has 35 heavy (non-hydrogen) atoms. The first-order valence-electron chi connectivity index (χ1n) is 11.3. The number of piperazine rings is 1. The molecular weight excluding hydrogens is 448 g/mol. The van der Waals surface area contributed by atoms with Crippen molar-refractivity contribution >= 4 is 23.0 Å². The molecule has 1 aliphatic rings. The van der Waals surface area contributed by atoms with E-state index < -0.39 is 0 Å². The van der Waals surface area contributed by atoms with E-state index >= 15 is 0 Å². The minimum absolute atomic E-state index is 0.0342. The predicted molar refractivity (Wildman–Crippen MR) is 135 cm³/mol. The summed E-state index contributed by atoms with van der Waals surface area (Å²) in [5.74, 6) is 1.02. The van der Waals surface area contributed by atoms with Gasteiger partial charge in [0.15, 0.2) is 11.5 Å². The summed E-state index contributed by atoms with van der Waals surface area (Å²) in [4.78, 5) is 28.1. The van der Waals surface area contributed by atoms with Crippen LogP contribution in [0.15, 0.2) is 66.7 Å². The summed E-state index contributed by atoms with van der Waals surface area (Å²) >= 11 is 0. The van der Waals surface area contributed by atoms with Gasteiger partial charge in [0, 0.05) is 50.0 Å². The average Bonchev–Trinajstić information content (AvgIpc) is 2.91. The van der Waals surface area contributed by atoms with E-state index in [9.17, 15) is 14.9 Å². The van der Waals surface area contributed by atoms with Gasteiger partial charge in [-0.15, -0.1) is 0 Å². The van der Waals surface area contributed by atoms with Crippen molar-refractivity contribution in [2.24, 2.45) is 0 Å². The number of hydrogen-bond donors (Lipinski definition) is 1. The number of amides is 1. The van der Waals surface area contributed by atoms with E-state index in [1.807, 2.05) is 36.4 Å². The molecule has 0 spiro atoms. The van der Waals surface area contributed by atoms with Gasteiger partial charge < -0.3 is 24.6 Å². The maximum Gasteiger partial charge on any atom is 0.292 e. The van der Waals surface area contributed by atoms with Gasteiger partial charge in [-0.25, -0.2) is 0 Å². The van der Waals surface area contributed by atoms with Gasteiger partial charge in [0.1, 0.15) is 5.69 Å². The quantitative estimate of drug-likeness (QED) is 0.385. The second-order valence-electron chi connectivity index (χ2n) is 8.15. The fourth-order valence-electron chi connectivity index (χ4n) is 4.13. The van der Waals surface area contributed by atoms with E-state index in [1.165, 1.54) is 13.2 Å². The molecule has 1 aliphatic heterocycles. The lowest BCUT2D eigenvalue weighted by Crippen LogP contribution is -2.48. The third-order valence-electron chi connectivity index (χ3n) is 6.07. The first kappa shape index (κ1) is 23.9. The zero-order valence-electron chi connectivity index (χ0n) is 19.8. The number of nitro benzene ring substituents is 1. The van der Waals surface area contributed by atoms with E-state index in [4.69, 9.17) is 9.47 Å². The molecule has 9 heteroatoms. The van der Waals surface area contributed by atoms with Gasteiger partial charge in [0.05, 0.1) is 19.1 Å². The van der Waals surface area contributed by atoms with Crippen LogP contribution in [-0.2, 0) is 6.54 Å². The minimum Gasteiger partial charge on any atom is -0.493 e. The normalized spacial score (nSPS) is 13.3. The molecule has 182 valence electrons. The lowest BCUT2D eigenvalue weighted by Gasteiger charge is -2.36. The molecule has 3 aromatic rings. The Labute approximate surface area is 204 Å². The highest BCUT2D eigenvalue weighted by molar-refractivity contribution is 5.95. The molecule has 0 atom stereocenters. The standard InChI is InChI=1S/C26H28N4O5/c1-34-24-11-8-20(16-25(24)35-2)26(31)29-14-12-28(13-15-29)21-9-10-23(30(32)33)22(17-21)27-18-19-6-4-3-5-7-19/h3-11,16-17,27H,12-15,18H2,1-2H3. The largest absolute Gasteiger partial charge is 0.493 e. The first-order valence-corrected chi connectivity index (χ1v) is 11.3. The summed E-state index contributed by atoms with van der Waals surface area (Å²) in [6.45, 7) is 2.80. The third kappa shape index (κ3) is 5.46. The van der Waals surface area contributed by atoms with Gasteiger partial charge in [-0.2, -0.15) is 0 Å². The summed E-state index contributed by atoms with van der Waals surface area (Å²) in [5, 5.41) is 14.8. The van der Waals surface area contributed by atoms with E-state index in [0.29, 0.717) is 55.5 Å². The molecule has 0 radical (unpaired) electrons. The Kier molecular flexibility index (Phi) is 7.35. The highest BCUT2D eigenvalue weighted by atomic mass is 16.6. The molecule has 1 N–H and O–H groups in total. The van der Waals surface area contributed by atoms with Crippen molar-refractivity contribution in [1.29, 1.82) is 0 Å². The van der Waals surface area contributed by atoms with Gasteiger partial charge in [-0.3, -0.25) is 14.9 Å². The number of nitro groups is 1. The Bertz CT molecular complexity index is 1190. The lowest BCUT2D eigenvalue weighted by atomic mass is 10.1. The summed E-state index contributed by atoms with van der Waals surface area (Å²) in [5.41, 5.74) is 2.96. The number of methoxy groups -OCH3 is 2. The van der Waals surface area contributed by atoms with Crippen molar-refractivity contribution in [3.63, 3.8) is 0 Å². The summed E-state index contributed by atoms with van der Waals surface area (Å²) in [6.07, 6.45) is 0. The van der Waals surface area contributed by atoms with E-state index in [1.54, 1.807) is 36.3 Å². The molecule has 0 bridgehead atoms. The van der Waals surface area contributed by atoms with Crippen molar-refractivity contribution in [3.8, 4) is 11.5 Å². The van der Waals surface area contributed by atoms with Gasteiger partial charge in [-0.1, -0.05) is 30.3 Å². The average molecular weight is 477 g/mol. The summed E-state index contributed by atoms with van der Waals surface area (Å²) in [6, 6.07) is 20.0. The molecule has 1 amide bonds. The highest BCUT2D eigenvalue weighted by Crippen LogP contribution is 2.31. The zero-order valence-corrected chi connectivity index (χ0v) is 19.8. The van der Waals surface area contributed by atoms with Crippen LogP contribution in [0.4, 0.5) is 17.1 Å². The van der Waals surface area contributed by atoms with Crippen LogP contribution in [0.25, 0.3) is 0 Å². The topological polar surface area (TPSA) is 97.2 Å². The Morgan fingerprint density at radius 1 is 0.943 bits per heavy atom. The zero-order chi connectivity index (χ0) is 24.8. The fraction of sp³-hybridized carbons (Fsp3) is 0.269. The van der Waals surface area contributed by atoms with Crippen molar-refractivity contribution in [3.05, 3.63) is 88.0 Å². The summed E-state index contributed by atoms with van der Waals surface area (Å²) in [7, 11) is 3.09. The van der Waals surface area contributed by atoms with Crippen LogP contribution in [0, 0.1) is 10.1 Å². The minimum atomic E-state index is -0.378. The molecule has 0 saturated carbocycles. The second-order valence-corrected chi connectivity index (χ2v) is 8.15. The number of rotatable bonds is 8. The van der Waals surface area contributed by atoms with E-state index in [2.05, 4.69) is 10.2 Å². The molecule has 1 fully saturated rings. The molecule has 0 aromatic heterocycles. The molecule has 3 aromatic carbocycles. The Morgan fingerprint density at radius 2 is 1.66 bits per heavy atom. The number of hydrogen-bond acceptors (Lipinski definition) is 7. The third-order valence-corrected chi connectivity index (χ3v) is 6.07. The smallest absolute Gasteiger partial charge is 0.292 e. The Hall–Kier alpha value is -4.27. The molecule has 1 saturated heterocycles. The first-order chi connectivity index (χ1) is 17.0. The molecule has 0 unspecified atom stereocenters. The Balaban J connectivity index is 1.44. The number of carbonyl (C=O) groups is 1. The van der Waals surface area contributed by atoms with Crippen molar-refractivity contribution in [1.82, 2.24) is 4.90 Å². The molecule has 4 rings (SSSR count). The Morgan fingerprint density at radius 3 is 2.31 bits per heavy atom. The van der Waals surface area contributed by atoms with Crippen molar-refractivity contribution in [2.75, 3.05) is 50.6 Å². The summed E-state index contributed by atoms with van der Waals surface area (Å²) < 4.78 is 10.6. The molecule has 9 nitrogen and oxygen atoms in total. The van der Waals surface area contributed by atoms with Gasteiger partial charge in [0.2, 0.25) is 0 Å². The second kappa shape index (κ2) is 10.8. The number of ether oxygens (including phenoxy) is 2. The van der Waals surface area contributed by atoms with Crippen LogP contribution in [0.5, 0.6) is 11.5 Å². The monoisotopic (exact) mass is 476 g/mol. The van der Waals surface area contributed by atoms with Crippen molar-refractivity contribution < 1.29 is 19.2 Å². The van der Waals surface area contributed by atoms with Crippen LogP contribution in [-0.4, -0.2) is 56.1 Å². The number of carbonyl (C=O) groups excluding carboxylic acids is 1. The lowest BCUT2D eigenvalue weighted by molar-refractivity contribution is -0.384. The van der Waals surface area contributed by atoms with Gasteiger partial charge >= 0.3 is 0 Å². The highest BCUT2D eigenvalue weighted by Gasteiger charge is 2.24. The van der Waals surface area contributed by atoms with Gasteiger partial charge in [-0.05, 0) is 35.9 Å². The maximum absolute atomic E-state index is 13.0. The number of nitrogens with zero attached hydrogens (tertiary/aromatic N) is 3. The van der Waals surface area contributed by atoms with E-state index in [0.717, 1.165) is 11.3 Å². The SMILES string of the molecule is COc1ccc(C(=O)N2CCN(c3ccc([N+](=O)[O-])c(NCc4ccccc4)c3)CC2)cc1OC. The number of nitrogens with one attached hydrogen (secondary N) is 1. The number of benzene rings is 3. The van der Waals surface area contributed by atoms with Gasteiger partial charge in [0.25, 0.3) is 11.6 Å². The van der Waals surface area contributed by atoms with Crippen LogP contribution in [0.2, 0.25) is 0 Å². The number of anilines is 2. The van der Waals surface area contributed by atoms with Crippen LogP contribution in [0.3, 0.4) is 0 Å². The van der Waals surface area contributed by atoms with Crippen LogP contribution in [0.1, 0.15) is 15.9 Å². The molecule has 1 heterocycles.